The van der Waals surface area contributed by atoms with E-state index in [0.29, 0.717) is 11.6 Å². The summed E-state index contributed by atoms with van der Waals surface area (Å²) in [5.74, 6) is 0.739. The lowest BCUT2D eigenvalue weighted by molar-refractivity contribution is -0.0110. The molecule has 1 heterocycles. The van der Waals surface area contributed by atoms with E-state index >= 15 is 0 Å². The zero-order valence-corrected chi connectivity index (χ0v) is 12.4. The van der Waals surface area contributed by atoms with Gasteiger partial charge >= 0.3 is 0 Å². The Labute approximate surface area is 120 Å². The number of nitrogens with one attached hydrogen (secondary N) is 1. The number of hydrogen-bond donors (Lipinski definition) is 1. The molecule has 2 rings (SSSR count). The molecule has 106 valence electrons. The van der Waals surface area contributed by atoms with Gasteiger partial charge in [-0.2, -0.15) is 0 Å². The highest BCUT2D eigenvalue weighted by atomic mass is 35.5. The van der Waals surface area contributed by atoms with Crippen molar-refractivity contribution >= 4 is 11.6 Å². The predicted octanol–water partition coefficient (Wildman–Crippen LogP) is 3.57. The molecule has 1 saturated heterocycles. The van der Waals surface area contributed by atoms with E-state index in [1.165, 1.54) is 6.42 Å². The van der Waals surface area contributed by atoms with Crippen LogP contribution in [0.4, 0.5) is 0 Å². The van der Waals surface area contributed by atoms with Gasteiger partial charge in [-0.15, -0.1) is 0 Å². The lowest BCUT2D eigenvalue weighted by Crippen LogP contribution is -2.25. The Hall–Kier alpha value is -0.770. The van der Waals surface area contributed by atoms with Gasteiger partial charge in [0.2, 0.25) is 0 Å². The molecule has 0 aromatic heterocycles. The molecule has 0 bridgehead atoms. The van der Waals surface area contributed by atoms with Gasteiger partial charge in [-0.25, -0.2) is 0 Å². The molecule has 1 N–H and O–H groups in total. The summed E-state index contributed by atoms with van der Waals surface area (Å²) in [5.41, 5.74) is 1.16. The fourth-order valence-corrected chi connectivity index (χ4v) is 2.44. The summed E-state index contributed by atoms with van der Waals surface area (Å²) in [4.78, 5) is 0. The summed E-state index contributed by atoms with van der Waals surface area (Å²) in [5, 5.41) is 3.85. The molecule has 2 atom stereocenters. The van der Waals surface area contributed by atoms with Crippen LogP contribution in [0.25, 0.3) is 0 Å². The quantitative estimate of drug-likeness (QED) is 0.896. The number of hydrogen-bond acceptors (Lipinski definition) is 3. The van der Waals surface area contributed by atoms with Gasteiger partial charge in [0, 0.05) is 12.6 Å². The maximum Gasteiger partial charge on any atom is 0.138 e. The van der Waals surface area contributed by atoms with Gasteiger partial charge in [0.25, 0.3) is 0 Å². The van der Waals surface area contributed by atoms with Crippen LogP contribution in [-0.4, -0.2) is 26.4 Å². The van der Waals surface area contributed by atoms with Crippen molar-refractivity contribution in [1.82, 2.24) is 5.32 Å². The van der Waals surface area contributed by atoms with Gasteiger partial charge in [0.05, 0.1) is 11.1 Å². The van der Waals surface area contributed by atoms with Crippen molar-refractivity contribution in [3.63, 3.8) is 0 Å². The third kappa shape index (κ3) is 4.10. The molecule has 2 unspecified atom stereocenters. The van der Waals surface area contributed by atoms with Crippen LogP contribution in [0.2, 0.25) is 5.02 Å². The van der Waals surface area contributed by atoms with Crippen molar-refractivity contribution in [2.45, 2.75) is 38.3 Å². The Bertz CT molecular complexity index is 405. The van der Waals surface area contributed by atoms with Crippen molar-refractivity contribution in [1.29, 1.82) is 0 Å². The fraction of sp³-hybridized carbons (Fsp3) is 0.600. The number of halogens is 1. The Balaban J connectivity index is 1.93. The van der Waals surface area contributed by atoms with Crippen LogP contribution in [0.1, 0.15) is 37.8 Å². The highest BCUT2D eigenvalue weighted by molar-refractivity contribution is 6.32. The summed E-state index contributed by atoms with van der Waals surface area (Å²) in [6.45, 7) is 3.53. The highest BCUT2D eigenvalue weighted by Crippen LogP contribution is 2.28. The van der Waals surface area contributed by atoms with Crippen LogP contribution in [0.5, 0.6) is 5.75 Å². The van der Waals surface area contributed by atoms with E-state index in [1.807, 2.05) is 25.2 Å². The smallest absolute Gasteiger partial charge is 0.138 e. The minimum absolute atomic E-state index is 0.209. The maximum absolute atomic E-state index is 6.25. The zero-order chi connectivity index (χ0) is 13.7. The first kappa shape index (κ1) is 14.6. The Kier molecular flexibility index (Phi) is 5.49. The lowest BCUT2D eigenvalue weighted by Gasteiger charge is -2.23. The van der Waals surface area contributed by atoms with Crippen molar-refractivity contribution in [3.05, 3.63) is 28.8 Å². The minimum atomic E-state index is 0.209. The molecular weight excluding hydrogens is 262 g/mol. The van der Waals surface area contributed by atoms with Gasteiger partial charge in [-0.1, -0.05) is 17.7 Å². The van der Waals surface area contributed by atoms with Crippen molar-refractivity contribution in [2.24, 2.45) is 0 Å². The van der Waals surface area contributed by atoms with Crippen molar-refractivity contribution in [3.8, 4) is 5.75 Å². The molecule has 3 nitrogen and oxygen atoms in total. The van der Waals surface area contributed by atoms with Crippen LogP contribution in [-0.2, 0) is 4.74 Å². The van der Waals surface area contributed by atoms with E-state index in [2.05, 4.69) is 12.2 Å². The van der Waals surface area contributed by atoms with E-state index in [4.69, 9.17) is 21.1 Å². The van der Waals surface area contributed by atoms with Gasteiger partial charge in [0.15, 0.2) is 0 Å². The topological polar surface area (TPSA) is 30.5 Å². The van der Waals surface area contributed by atoms with Gasteiger partial charge < -0.3 is 14.8 Å². The maximum atomic E-state index is 6.25. The minimum Gasteiger partial charge on any atom is -0.489 e. The molecule has 1 aliphatic heterocycles. The SMILES string of the molecule is CNC(C)c1ccc(OCC2CCCCO2)c(Cl)c1. The first-order chi connectivity index (χ1) is 9.20. The summed E-state index contributed by atoms with van der Waals surface area (Å²) >= 11 is 6.25. The largest absolute Gasteiger partial charge is 0.489 e. The van der Waals surface area contributed by atoms with Gasteiger partial charge in [0.1, 0.15) is 12.4 Å². The second kappa shape index (κ2) is 7.13. The van der Waals surface area contributed by atoms with Crippen molar-refractivity contribution < 1.29 is 9.47 Å². The van der Waals surface area contributed by atoms with Crippen molar-refractivity contribution in [2.75, 3.05) is 20.3 Å². The van der Waals surface area contributed by atoms with E-state index < -0.39 is 0 Å². The standard InChI is InChI=1S/C15H22ClNO2/c1-11(17-2)12-6-7-15(14(16)9-12)19-10-13-5-3-4-8-18-13/h6-7,9,11,13,17H,3-5,8,10H2,1-2H3. The first-order valence-electron chi connectivity index (χ1n) is 6.92. The molecule has 0 saturated carbocycles. The third-order valence-corrected chi connectivity index (χ3v) is 3.88. The molecule has 1 aromatic carbocycles. The van der Waals surface area contributed by atoms with E-state index in [0.717, 1.165) is 30.8 Å². The summed E-state index contributed by atoms with van der Waals surface area (Å²) in [7, 11) is 1.93. The third-order valence-electron chi connectivity index (χ3n) is 3.59. The average molecular weight is 284 g/mol. The summed E-state index contributed by atoms with van der Waals surface area (Å²) in [6.07, 6.45) is 3.67. The molecule has 4 heteroatoms. The molecule has 19 heavy (non-hydrogen) atoms. The number of benzene rings is 1. The molecule has 0 radical (unpaired) electrons. The highest BCUT2D eigenvalue weighted by Gasteiger charge is 2.15. The first-order valence-corrected chi connectivity index (χ1v) is 7.29. The van der Waals surface area contributed by atoms with Crippen LogP contribution in [0, 0.1) is 0 Å². The second-order valence-corrected chi connectivity index (χ2v) is 5.41. The average Bonchev–Trinajstić information content (AvgIpc) is 2.46. The van der Waals surface area contributed by atoms with Crippen LogP contribution in [0.3, 0.4) is 0 Å². The van der Waals surface area contributed by atoms with E-state index in [1.54, 1.807) is 0 Å². The number of ether oxygens (including phenoxy) is 2. The fourth-order valence-electron chi connectivity index (χ4n) is 2.19. The van der Waals surface area contributed by atoms with E-state index in [-0.39, 0.29) is 12.1 Å². The Morgan fingerprint density at radius 3 is 2.95 bits per heavy atom. The summed E-state index contributed by atoms with van der Waals surface area (Å²) in [6, 6.07) is 6.23. The molecule has 1 aromatic rings. The summed E-state index contributed by atoms with van der Waals surface area (Å²) < 4.78 is 11.4. The zero-order valence-electron chi connectivity index (χ0n) is 11.6. The lowest BCUT2D eigenvalue weighted by atomic mass is 10.1. The monoisotopic (exact) mass is 283 g/mol. The molecule has 0 amide bonds. The molecular formula is C15H22ClNO2. The van der Waals surface area contributed by atoms with Crippen LogP contribution < -0.4 is 10.1 Å². The Morgan fingerprint density at radius 1 is 1.47 bits per heavy atom. The molecule has 0 aliphatic carbocycles. The normalized spacial score (nSPS) is 21.1. The van der Waals surface area contributed by atoms with Gasteiger partial charge in [-0.3, -0.25) is 0 Å². The van der Waals surface area contributed by atoms with Crippen LogP contribution in [0.15, 0.2) is 18.2 Å². The predicted molar refractivity (Wildman–Crippen MR) is 78.0 cm³/mol. The van der Waals surface area contributed by atoms with E-state index in [9.17, 15) is 0 Å². The van der Waals surface area contributed by atoms with Crippen LogP contribution >= 0.6 is 11.6 Å². The second-order valence-electron chi connectivity index (χ2n) is 5.00. The van der Waals surface area contributed by atoms with Gasteiger partial charge in [-0.05, 0) is 50.9 Å². The molecule has 1 aliphatic rings. The number of rotatable bonds is 5. The Morgan fingerprint density at radius 2 is 2.32 bits per heavy atom. The molecule has 1 fully saturated rings. The molecule has 0 spiro atoms.